The lowest BCUT2D eigenvalue weighted by molar-refractivity contribution is -0.139. The first-order chi connectivity index (χ1) is 15.8. The molecule has 0 radical (unpaired) electrons. The minimum absolute atomic E-state index is 0.0237. The summed E-state index contributed by atoms with van der Waals surface area (Å²) in [6.45, 7) is 7.55. The fourth-order valence-electron chi connectivity index (χ4n) is 3.29. The van der Waals surface area contributed by atoms with Gasteiger partial charge in [0.25, 0.3) is 0 Å². The van der Waals surface area contributed by atoms with Crippen LogP contribution in [0.1, 0.15) is 31.9 Å². The number of hydrogen-bond acceptors (Lipinski definition) is 4. The number of nitrogens with zero attached hydrogens (tertiary/aromatic N) is 2. The Balaban J connectivity index is 2.43. The zero-order valence-corrected chi connectivity index (χ0v) is 22.3. The van der Waals surface area contributed by atoms with Crippen LogP contribution in [-0.2, 0) is 26.2 Å². The average molecular weight is 529 g/mol. The Labute approximate surface area is 212 Å². The van der Waals surface area contributed by atoms with Gasteiger partial charge in [-0.15, -0.1) is 0 Å². The third-order valence-electron chi connectivity index (χ3n) is 5.33. The fourth-order valence-corrected chi connectivity index (χ4v) is 4.59. The van der Waals surface area contributed by atoms with Crippen molar-refractivity contribution in [3.8, 4) is 0 Å². The highest BCUT2D eigenvalue weighted by molar-refractivity contribution is 7.92. The largest absolute Gasteiger partial charge is 0.354 e. The van der Waals surface area contributed by atoms with Crippen molar-refractivity contribution in [1.82, 2.24) is 10.2 Å². The first kappa shape index (κ1) is 28.0. The molecule has 1 unspecified atom stereocenters. The van der Waals surface area contributed by atoms with Gasteiger partial charge in [0.05, 0.1) is 22.0 Å². The molecule has 0 saturated heterocycles. The molecule has 0 saturated carbocycles. The number of halogens is 2. The van der Waals surface area contributed by atoms with Crippen molar-refractivity contribution < 1.29 is 18.0 Å². The highest BCUT2D eigenvalue weighted by Gasteiger charge is 2.31. The van der Waals surface area contributed by atoms with Crippen LogP contribution in [0.25, 0.3) is 0 Å². The molecule has 7 nitrogen and oxygen atoms in total. The molecule has 186 valence electrons. The lowest BCUT2D eigenvalue weighted by Crippen LogP contribution is -2.51. The molecule has 10 heteroatoms. The summed E-state index contributed by atoms with van der Waals surface area (Å²) < 4.78 is 26.2. The molecule has 0 bridgehead atoms. The lowest BCUT2D eigenvalue weighted by atomic mass is 10.1. The van der Waals surface area contributed by atoms with E-state index in [9.17, 15) is 18.0 Å². The van der Waals surface area contributed by atoms with Crippen LogP contribution in [0.4, 0.5) is 5.69 Å². The van der Waals surface area contributed by atoms with Crippen molar-refractivity contribution in [2.45, 2.75) is 40.3 Å². The highest BCUT2D eigenvalue weighted by Crippen LogP contribution is 2.33. The molecule has 34 heavy (non-hydrogen) atoms. The Hall–Kier alpha value is -2.29. The van der Waals surface area contributed by atoms with Gasteiger partial charge in [-0.3, -0.25) is 13.9 Å². The van der Waals surface area contributed by atoms with Gasteiger partial charge in [-0.1, -0.05) is 67.4 Å². The van der Waals surface area contributed by atoms with Gasteiger partial charge in [0.2, 0.25) is 21.8 Å². The van der Waals surface area contributed by atoms with Gasteiger partial charge in [0, 0.05) is 13.1 Å². The molecule has 0 aromatic heterocycles. The fraction of sp³-hybridized carbons (Fsp3) is 0.417. The van der Waals surface area contributed by atoms with Gasteiger partial charge in [-0.25, -0.2) is 8.42 Å². The lowest BCUT2D eigenvalue weighted by Gasteiger charge is -2.32. The van der Waals surface area contributed by atoms with Crippen molar-refractivity contribution in [2.75, 3.05) is 23.7 Å². The summed E-state index contributed by atoms with van der Waals surface area (Å²) in [4.78, 5) is 27.8. The van der Waals surface area contributed by atoms with E-state index in [1.807, 2.05) is 45.0 Å². The molecular weight excluding hydrogens is 497 g/mol. The van der Waals surface area contributed by atoms with Crippen molar-refractivity contribution >= 4 is 50.7 Å². The van der Waals surface area contributed by atoms with Gasteiger partial charge < -0.3 is 10.2 Å². The highest BCUT2D eigenvalue weighted by atomic mass is 35.5. The van der Waals surface area contributed by atoms with E-state index >= 15 is 0 Å². The molecule has 2 aromatic carbocycles. The maximum absolute atomic E-state index is 13.5. The predicted molar refractivity (Wildman–Crippen MR) is 138 cm³/mol. The Kier molecular flexibility index (Phi) is 9.79. The number of benzene rings is 2. The van der Waals surface area contributed by atoms with E-state index < -0.39 is 28.5 Å². The second-order valence-electron chi connectivity index (χ2n) is 8.61. The summed E-state index contributed by atoms with van der Waals surface area (Å²) in [5.41, 5.74) is 1.90. The molecule has 1 N–H and O–H groups in total. The van der Waals surface area contributed by atoms with E-state index in [4.69, 9.17) is 23.2 Å². The number of carbonyl (C=O) groups is 2. The van der Waals surface area contributed by atoms with E-state index in [-0.39, 0.29) is 34.1 Å². The second-order valence-corrected chi connectivity index (χ2v) is 11.3. The molecule has 0 heterocycles. The van der Waals surface area contributed by atoms with Crippen LogP contribution in [0.15, 0.2) is 42.5 Å². The summed E-state index contributed by atoms with van der Waals surface area (Å²) in [7, 11) is -3.89. The number of nitrogens with one attached hydrogen (secondary N) is 1. The van der Waals surface area contributed by atoms with Gasteiger partial charge in [-0.05, 0) is 43.0 Å². The average Bonchev–Trinajstić information content (AvgIpc) is 2.76. The molecule has 2 amide bonds. The Morgan fingerprint density at radius 3 is 2.26 bits per heavy atom. The third kappa shape index (κ3) is 7.35. The van der Waals surface area contributed by atoms with Gasteiger partial charge >= 0.3 is 0 Å². The summed E-state index contributed by atoms with van der Waals surface area (Å²) >= 11 is 12.3. The van der Waals surface area contributed by atoms with E-state index in [1.54, 1.807) is 13.0 Å². The van der Waals surface area contributed by atoms with Gasteiger partial charge in [-0.2, -0.15) is 0 Å². The normalized spacial score (nSPS) is 12.4. The number of sulfonamides is 1. The smallest absolute Gasteiger partial charge is 0.244 e. The first-order valence-electron chi connectivity index (χ1n) is 10.9. The number of carbonyl (C=O) groups excluding carboxylic acids is 2. The minimum atomic E-state index is -3.89. The number of hydrogen-bond donors (Lipinski definition) is 1. The first-order valence-corrected chi connectivity index (χ1v) is 13.5. The topological polar surface area (TPSA) is 86.8 Å². The molecule has 2 rings (SSSR count). The van der Waals surface area contributed by atoms with Crippen LogP contribution < -0.4 is 9.62 Å². The molecule has 2 aromatic rings. The van der Waals surface area contributed by atoms with Gasteiger partial charge in [0.15, 0.2) is 0 Å². The second kappa shape index (κ2) is 11.9. The van der Waals surface area contributed by atoms with Crippen LogP contribution in [0.2, 0.25) is 10.0 Å². The molecular formula is C24H31Cl2N3O4S. The standard InChI is InChI=1S/C24H31Cl2N3O4S/c1-16(2)13-27-24(31)18(4)28(14-19-10-7-6-9-17(19)3)22(30)15-29(34(5,32)33)21-12-8-11-20(25)23(21)26/h6-12,16,18H,13-15H2,1-5H3,(H,27,31). The number of aryl methyl sites for hydroxylation is 1. The molecule has 0 fully saturated rings. The van der Waals surface area contributed by atoms with Crippen LogP contribution in [0.3, 0.4) is 0 Å². The molecule has 0 aliphatic heterocycles. The quantitative estimate of drug-likeness (QED) is 0.500. The van der Waals surface area contributed by atoms with Gasteiger partial charge in [0.1, 0.15) is 12.6 Å². The van der Waals surface area contributed by atoms with E-state index in [0.29, 0.717) is 6.54 Å². The van der Waals surface area contributed by atoms with Crippen molar-refractivity contribution in [3.05, 3.63) is 63.6 Å². The minimum Gasteiger partial charge on any atom is -0.354 e. The maximum atomic E-state index is 13.5. The SMILES string of the molecule is Cc1ccccc1CN(C(=O)CN(c1cccc(Cl)c1Cl)S(C)(=O)=O)C(C)C(=O)NCC(C)C. The Bertz CT molecular complexity index is 1140. The van der Waals surface area contributed by atoms with E-state index in [0.717, 1.165) is 21.7 Å². The summed E-state index contributed by atoms with van der Waals surface area (Å²) in [6, 6.07) is 11.3. The summed E-state index contributed by atoms with van der Waals surface area (Å²) in [5, 5.41) is 3.04. The van der Waals surface area contributed by atoms with E-state index in [1.165, 1.54) is 17.0 Å². The zero-order chi connectivity index (χ0) is 25.6. The molecule has 0 spiro atoms. The number of rotatable bonds is 10. The number of anilines is 1. The molecule has 1 atom stereocenters. The third-order valence-corrected chi connectivity index (χ3v) is 7.27. The van der Waals surface area contributed by atoms with Crippen LogP contribution in [-0.4, -0.2) is 50.5 Å². The zero-order valence-electron chi connectivity index (χ0n) is 20.0. The van der Waals surface area contributed by atoms with Crippen molar-refractivity contribution in [2.24, 2.45) is 5.92 Å². The Morgan fingerprint density at radius 2 is 1.68 bits per heavy atom. The van der Waals surface area contributed by atoms with E-state index in [2.05, 4.69) is 5.32 Å². The van der Waals surface area contributed by atoms with Crippen LogP contribution in [0.5, 0.6) is 0 Å². The maximum Gasteiger partial charge on any atom is 0.244 e. The monoisotopic (exact) mass is 527 g/mol. The molecule has 0 aliphatic rings. The van der Waals surface area contributed by atoms with Crippen LogP contribution >= 0.6 is 23.2 Å². The summed E-state index contributed by atoms with van der Waals surface area (Å²) in [6.07, 6.45) is 0.988. The van der Waals surface area contributed by atoms with Crippen molar-refractivity contribution in [1.29, 1.82) is 0 Å². The van der Waals surface area contributed by atoms with Crippen LogP contribution in [0, 0.1) is 12.8 Å². The molecule has 0 aliphatic carbocycles. The number of amides is 2. The summed E-state index contributed by atoms with van der Waals surface area (Å²) in [5.74, 6) is -0.624. The Morgan fingerprint density at radius 1 is 1.03 bits per heavy atom. The van der Waals surface area contributed by atoms with Crippen molar-refractivity contribution in [3.63, 3.8) is 0 Å². The predicted octanol–water partition coefficient (Wildman–Crippen LogP) is 4.26.